The van der Waals surface area contributed by atoms with Gasteiger partial charge in [-0.15, -0.1) is 0 Å². The minimum Gasteiger partial charge on any atom is -0.308 e. The Morgan fingerprint density at radius 3 is 2.44 bits per heavy atom. The second-order valence-corrected chi connectivity index (χ2v) is 3.09. The lowest BCUT2D eigenvalue weighted by Gasteiger charge is -2.07. The third-order valence-electron chi connectivity index (χ3n) is 2.36. The number of hydrogen-bond acceptors (Lipinski definition) is 1. The number of rotatable bonds is 4. The van der Waals surface area contributed by atoms with Crippen molar-refractivity contribution in [3.05, 3.63) is 0 Å². The van der Waals surface area contributed by atoms with Crippen molar-refractivity contribution in [2.24, 2.45) is 0 Å². The normalized spacial score (nSPS) is 32.7. The molecule has 0 radical (unpaired) electrons. The minimum absolute atomic E-state index is 0.593. The Morgan fingerprint density at radius 1 is 1.44 bits per heavy atom. The Bertz CT molecular complexity index is 84.6. The minimum atomic E-state index is 0.593. The van der Waals surface area contributed by atoms with Gasteiger partial charge in [0.05, 0.1) is 0 Å². The molecular formula is C8H17N. The van der Waals surface area contributed by atoms with Crippen LogP contribution in [0, 0.1) is 0 Å². The molecule has 0 aromatic rings. The lowest BCUT2D eigenvalue weighted by molar-refractivity contribution is 0.525. The van der Waals surface area contributed by atoms with E-state index in [0.29, 0.717) is 5.54 Å². The third-order valence-corrected chi connectivity index (χ3v) is 2.36. The van der Waals surface area contributed by atoms with E-state index in [1.54, 1.807) is 0 Å². The van der Waals surface area contributed by atoms with Crippen LogP contribution in [0.2, 0.25) is 0 Å². The molecule has 0 amide bonds. The molecule has 0 aromatic carbocycles. The van der Waals surface area contributed by atoms with Gasteiger partial charge in [-0.3, -0.25) is 0 Å². The summed E-state index contributed by atoms with van der Waals surface area (Å²) in [6.45, 7) is 5.80. The van der Waals surface area contributed by atoms with Gasteiger partial charge < -0.3 is 5.32 Å². The fraction of sp³-hybridized carbons (Fsp3) is 1.00. The van der Waals surface area contributed by atoms with Crippen molar-refractivity contribution >= 4 is 0 Å². The van der Waals surface area contributed by atoms with Gasteiger partial charge in [0.2, 0.25) is 0 Å². The Balaban J connectivity index is 2.10. The first-order valence-electron chi connectivity index (χ1n) is 4.08. The maximum absolute atomic E-state index is 3.43. The molecule has 0 saturated carbocycles. The van der Waals surface area contributed by atoms with Crippen molar-refractivity contribution in [2.75, 3.05) is 6.54 Å². The van der Waals surface area contributed by atoms with Crippen molar-refractivity contribution < 1.29 is 0 Å². The highest BCUT2D eigenvalue weighted by Crippen LogP contribution is 2.27. The zero-order valence-electron chi connectivity index (χ0n) is 6.54. The predicted molar refractivity (Wildman–Crippen MR) is 40.5 cm³/mol. The SMILES string of the molecule is CCCCC1(CC)CN1. The first-order valence-corrected chi connectivity index (χ1v) is 4.08. The summed E-state index contributed by atoms with van der Waals surface area (Å²) in [6.07, 6.45) is 5.43. The monoisotopic (exact) mass is 127 g/mol. The molecule has 9 heavy (non-hydrogen) atoms. The zero-order valence-corrected chi connectivity index (χ0v) is 6.54. The van der Waals surface area contributed by atoms with Crippen molar-refractivity contribution in [3.8, 4) is 0 Å². The molecule has 1 aliphatic rings. The van der Waals surface area contributed by atoms with E-state index >= 15 is 0 Å². The molecule has 1 nitrogen and oxygen atoms in total. The molecule has 1 saturated heterocycles. The van der Waals surface area contributed by atoms with Crippen LogP contribution in [0.15, 0.2) is 0 Å². The van der Waals surface area contributed by atoms with Gasteiger partial charge in [-0.25, -0.2) is 0 Å². The van der Waals surface area contributed by atoms with E-state index < -0.39 is 0 Å². The van der Waals surface area contributed by atoms with Gasteiger partial charge in [0.15, 0.2) is 0 Å². The summed E-state index contributed by atoms with van der Waals surface area (Å²) in [6, 6.07) is 0. The molecule has 1 heterocycles. The fourth-order valence-electron chi connectivity index (χ4n) is 1.24. The summed E-state index contributed by atoms with van der Waals surface area (Å²) < 4.78 is 0. The molecule has 0 bridgehead atoms. The summed E-state index contributed by atoms with van der Waals surface area (Å²) in [4.78, 5) is 0. The lowest BCUT2D eigenvalue weighted by Crippen LogP contribution is -2.12. The molecule has 0 aliphatic carbocycles. The summed E-state index contributed by atoms with van der Waals surface area (Å²) in [5, 5.41) is 3.43. The van der Waals surface area contributed by atoms with Crippen LogP contribution in [0.5, 0.6) is 0 Å². The highest BCUT2D eigenvalue weighted by Gasteiger charge is 2.38. The highest BCUT2D eigenvalue weighted by atomic mass is 15.2. The highest BCUT2D eigenvalue weighted by molar-refractivity contribution is 5.01. The second kappa shape index (κ2) is 2.70. The summed E-state index contributed by atoms with van der Waals surface area (Å²) >= 11 is 0. The average Bonchev–Trinajstić information content (AvgIpc) is 2.65. The molecule has 1 N–H and O–H groups in total. The first kappa shape index (κ1) is 7.07. The first-order chi connectivity index (χ1) is 4.33. The molecular weight excluding hydrogens is 110 g/mol. The second-order valence-electron chi connectivity index (χ2n) is 3.09. The standard InChI is InChI=1S/C8H17N/c1-3-5-6-8(4-2)7-9-8/h9H,3-7H2,1-2H3. The maximum atomic E-state index is 3.43. The Labute approximate surface area is 57.8 Å². The molecule has 0 aromatic heterocycles. The van der Waals surface area contributed by atoms with E-state index in [2.05, 4.69) is 19.2 Å². The Kier molecular flexibility index (Phi) is 2.12. The largest absolute Gasteiger partial charge is 0.308 e. The molecule has 1 atom stereocenters. The van der Waals surface area contributed by atoms with Gasteiger partial charge in [-0.2, -0.15) is 0 Å². The van der Waals surface area contributed by atoms with Crippen molar-refractivity contribution in [1.29, 1.82) is 0 Å². The van der Waals surface area contributed by atoms with E-state index in [1.165, 1.54) is 32.2 Å². The maximum Gasteiger partial charge on any atom is 0.0304 e. The third kappa shape index (κ3) is 1.68. The fourth-order valence-corrected chi connectivity index (χ4v) is 1.24. The van der Waals surface area contributed by atoms with Gasteiger partial charge in [0.25, 0.3) is 0 Å². The van der Waals surface area contributed by atoms with Gasteiger partial charge in [0.1, 0.15) is 0 Å². The summed E-state index contributed by atoms with van der Waals surface area (Å²) in [7, 11) is 0. The van der Waals surface area contributed by atoms with E-state index in [-0.39, 0.29) is 0 Å². The molecule has 0 spiro atoms. The number of nitrogens with one attached hydrogen (secondary N) is 1. The number of unbranched alkanes of at least 4 members (excludes halogenated alkanes) is 1. The molecule has 1 rings (SSSR count). The van der Waals surface area contributed by atoms with Crippen LogP contribution in [0.3, 0.4) is 0 Å². The van der Waals surface area contributed by atoms with Crippen molar-refractivity contribution in [3.63, 3.8) is 0 Å². The lowest BCUT2D eigenvalue weighted by atomic mass is 10.00. The summed E-state index contributed by atoms with van der Waals surface area (Å²) in [5.41, 5.74) is 0.593. The molecule has 1 aliphatic heterocycles. The Hall–Kier alpha value is -0.0400. The van der Waals surface area contributed by atoms with Crippen LogP contribution in [0.25, 0.3) is 0 Å². The smallest absolute Gasteiger partial charge is 0.0304 e. The molecule has 1 heteroatoms. The molecule has 1 unspecified atom stereocenters. The van der Waals surface area contributed by atoms with E-state index in [1.807, 2.05) is 0 Å². The van der Waals surface area contributed by atoms with Crippen LogP contribution >= 0.6 is 0 Å². The van der Waals surface area contributed by atoms with E-state index in [0.717, 1.165) is 0 Å². The van der Waals surface area contributed by atoms with Crippen LogP contribution in [0.4, 0.5) is 0 Å². The van der Waals surface area contributed by atoms with Crippen molar-refractivity contribution in [2.45, 2.75) is 45.1 Å². The zero-order chi connectivity index (χ0) is 6.74. The van der Waals surface area contributed by atoms with Gasteiger partial charge in [-0.05, 0) is 12.8 Å². The predicted octanol–water partition coefficient (Wildman–Crippen LogP) is 1.93. The van der Waals surface area contributed by atoms with Crippen LogP contribution in [-0.2, 0) is 0 Å². The Morgan fingerprint density at radius 2 is 2.11 bits per heavy atom. The van der Waals surface area contributed by atoms with Crippen LogP contribution in [0.1, 0.15) is 39.5 Å². The van der Waals surface area contributed by atoms with E-state index in [9.17, 15) is 0 Å². The van der Waals surface area contributed by atoms with Gasteiger partial charge in [0, 0.05) is 12.1 Å². The van der Waals surface area contributed by atoms with Crippen molar-refractivity contribution in [1.82, 2.24) is 5.32 Å². The summed E-state index contributed by atoms with van der Waals surface area (Å²) in [5.74, 6) is 0. The topological polar surface area (TPSA) is 21.9 Å². The van der Waals surface area contributed by atoms with Crippen LogP contribution in [-0.4, -0.2) is 12.1 Å². The van der Waals surface area contributed by atoms with Gasteiger partial charge >= 0.3 is 0 Å². The van der Waals surface area contributed by atoms with E-state index in [4.69, 9.17) is 0 Å². The molecule has 54 valence electrons. The quantitative estimate of drug-likeness (QED) is 0.573. The van der Waals surface area contributed by atoms with Crippen LogP contribution < -0.4 is 5.32 Å². The molecule has 1 fully saturated rings. The average molecular weight is 127 g/mol. The van der Waals surface area contributed by atoms with Gasteiger partial charge in [-0.1, -0.05) is 26.7 Å². The number of hydrogen-bond donors (Lipinski definition) is 1.